The molecular weight excluding hydrogens is 366 g/mol. The molecule has 5 rings (SSSR count). The number of carbonyl (C=O) groups excluding carboxylic acids is 1. The highest BCUT2D eigenvalue weighted by Gasteiger charge is 2.37. The van der Waals surface area contributed by atoms with Gasteiger partial charge in [0.15, 0.2) is 0 Å². The number of aromatic nitrogens is 2. The van der Waals surface area contributed by atoms with Crippen molar-refractivity contribution in [1.29, 1.82) is 0 Å². The van der Waals surface area contributed by atoms with Gasteiger partial charge < -0.3 is 14.0 Å². The second-order valence-corrected chi connectivity index (χ2v) is 9.11. The first-order chi connectivity index (χ1) is 13.9. The lowest BCUT2D eigenvalue weighted by molar-refractivity contribution is 0.0591. The summed E-state index contributed by atoms with van der Waals surface area (Å²) in [7, 11) is 0. The molecule has 2 atom stereocenters. The Morgan fingerprint density at radius 1 is 1.10 bits per heavy atom. The number of hydrogen-bond donors (Lipinski definition) is 0. The number of nitrogens with zero attached hydrogens (tertiary/aromatic N) is 3. The van der Waals surface area contributed by atoms with Gasteiger partial charge in [0.05, 0.1) is 0 Å². The fourth-order valence-electron chi connectivity index (χ4n) is 5.19. The molecule has 6 nitrogen and oxygen atoms in total. The predicted octanol–water partition coefficient (Wildman–Crippen LogP) is 2.30. The van der Waals surface area contributed by atoms with E-state index < -0.39 is 0 Å². The molecule has 1 saturated heterocycles. The lowest BCUT2D eigenvalue weighted by Crippen LogP contribution is -2.50. The van der Waals surface area contributed by atoms with Crippen molar-refractivity contribution >= 4 is 5.91 Å². The van der Waals surface area contributed by atoms with Gasteiger partial charge in [-0.1, -0.05) is 6.07 Å². The molecule has 1 saturated carbocycles. The number of pyridine rings is 2. The lowest BCUT2D eigenvalue weighted by Gasteiger charge is -2.42. The van der Waals surface area contributed by atoms with Crippen molar-refractivity contribution in [3.63, 3.8) is 0 Å². The van der Waals surface area contributed by atoms with Gasteiger partial charge >= 0.3 is 0 Å². The Morgan fingerprint density at radius 3 is 2.66 bits per heavy atom. The van der Waals surface area contributed by atoms with Crippen LogP contribution in [-0.2, 0) is 13.1 Å². The Balaban J connectivity index is 1.48. The monoisotopic (exact) mass is 393 g/mol. The van der Waals surface area contributed by atoms with Gasteiger partial charge in [-0.15, -0.1) is 0 Å². The Morgan fingerprint density at radius 2 is 1.90 bits per heavy atom. The Labute approximate surface area is 169 Å². The Kier molecular flexibility index (Phi) is 4.26. The smallest absolute Gasteiger partial charge is 0.263 e. The van der Waals surface area contributed by atoms with Crippen LogP contribution in [0.3, 0.4) is 0 Å². The summed E-state index contributed by atoms with van der Waals surface area (Å²) < 4.78 is 3.65. The number of carbonyl (C=O) groups is 1. The third-order valence-electron chi connectivity index (χ3n) is 6.82. The van der Waals surface area contributed by atoms with Crippen LogP contribution in [0.25, 0.3) is 0 Å². The van der Waals surface area contributed by atoms with Crippen LogP contribution in [0.2, 0.25) is 0 Å². The zero-order valence-corrected chi connectivity index (χ0v) is 17.1. The second kappa shape index (κ2) is 6.71. The van der Waals surface area contributed by atoms with Crippen LogP contribution < -0.4 is 11.1 Å². The summed E-state index contributed by atoms with van der Waals surface area (Å²) in [5.41, 5.74) is 2.91. The molecule has 2 bridgehead atoms. The summed E-state index contributed by atoms with van der Waals surface area (Å²) in [5.74, 6) is 0.823. The third kappa shape index (κ3) is 3.15. The van der Waals surface area contributed by atoms with Gasteiger partial charge in [0.1, 0.15) is 5.56 Å². The minimum atomic E-state index is -0.154. The highest BCUT2D eigenvalue weighted by Crippen LogP contribution is 2.35. The van der Waals surface area contributed by atoms with Crippen LogP contribution in [0, 0.1) is 25.7 Å². The molecule has 1 aliphatic carbocycles. The van der Waals surface area contributed by atoms with Crippen molar-refractivity contribution in [2.75, 3.05) is 13.1 Å². The summed E-state index contributed by atoms with van der Waals surface area (Å²) in [4.78, 5) is 40.7. The van der Waals surface area contributed by atoms with E-state index >= 15 is 0 Å². The summed E-state index contributed by atoms with van der Waals surface area (Å²) in [5, 5.41) is 0. The molecule has 0 radical (unpaired) electrons. The minimum Gasteiger partial charge on any atom is -0.337 e. The molecule has 3 aliphatic rings. The van der Waals surface area contributed by atoms with Crippen molar-refractivity contribution in [2.45, 2.75) is 52.1 Å². The number of amides is 1. The minimum absolute atomic E-state index is 0.0364. The molecule has 29 heavy (non-hydrogen) atoms. The van der Waals surface area contributed by atoms with Gasteiger partial charge in [-0.05, 0) is 62.6 Å². The van der Waals surface area contributed by atoms with Crippen LogP contribution >= 0.6 is 0 Å². The fraction of sp³-hybridized carbons (Fsp3) is 0.522. The molecule has 152 valence electrons. The summed E-state index contributed by atoms with van der Waals surface area (Å²) >= 11 is 0. The van der Waals surface area contributed by atoms with Crippen LogP contribution in [0.5, 0.6) is 0 Å². The maximum atomic E-state index is 13.5. The van der Waals surface area contributed by atoms with E-state index in [1.165, 1.54) is 0 Å². The topological polar surface area (TPSA) is 64.3 Å². The molecule has 2 aromatic heterocycles. The molecule has 2 aliphatic heterocycles. The number of hydrogen-bond acceptors (Lipinski definition) is 3. The zero-order chi connectivity index (χ0) is 20.3. The molecule has 4 heterocycles. The maximum absolute atomic E-state index is 13.5. The standard InChI is InChI=1S/C23H27N3O3/c1-14-8-15(2)25(11-16-6-7-16)23(29)21(14)22(28)24-10-17-9-18(13-24)19-4-3-5-20(27)26(19)12-17/h3-5,8,16-18H,6-7,9-13H2,1-2H3/t17-,18+/m1/s1. The van der Waals surface area contributed by atoms with Crippen LogP contribution in [0.4, 0.5) is 0 Å². The van der Waals surface area contributed by atoms with Crippen LogP contribution in [0.15, 0.2) is 33.9 Å². The molecule has 2 fully saturated rings. The highest BCUT2D eigenvalue weighted by atomic mass is 16.2. The maximum Gasteiger partial charge on any atom is 0.263 e. The molecule has 6 heteroatoms. The average Bonchev–Trinajstić information content (AvgIpc) is 3.50. The van der Waals surface area contributed by atoms with E-state index in [9.17, 15) is 14.4 Å². The molecule has 0 spiro atoms. The first-order valence-corrected chi connectivity index (χ1v) is 10.6. The van der Waals surface area contributed by atoms with E-state index in [-0.39, 0.29) is 28.9 Å². The van der Waals surface area contributed by atoms with Gasteiger partial charge in [-0.2, -0.15) is 0 Å². The summed E-state index contributed by atoms with van der Waals surface area (Å²) in [6, 6.07) is 7.37. The summed E-state index contributed by atoms with van der Waals surface area (Å²) in [6.45, 7) is 6.34. The van der Waals surface area contributed by atoms with Gasteiger partial charge in [0.2, 0.25) is 0 Å². The van der Waals surface area contributed by atoms with Gasteiger partial charge in [-0.25, -0.2) is 0 Å². The van der Waals surface area contributed by atoms with Crippen molar-refractivity contribution in [3.05, 3.63) is 67.5 Å². The van der Waals surface area contributed by atoms with Crippen molar-refractivity contribution in [1.82, 2.24) is 14.0 Å². The predicted molar refractivity (Wildman–Crippen MR) is 110 cm³/mol. The number of likely N-dealkylation sites (tertiary alicyclic amines) is 1. The Hall–Kier alpha value is -2.63. The molecule has 1 amide bonds. The number of piperidine rings is 1. The number of fused-ring (bicyclic) bond motifs is 4. The van der Waals surface area contributed by atoms with E-state index in [2.05, 4.69) is 0 Å². The van der Waals surface area contributed by atoms with Crippen molar-refractivity contribution < 1.29 is 4.79 Å². The first-order valence-electron chi connectivity index (χ1n) is 10.6. The van der Waals surface area contributed by atoms with Crippen LogP contribution in [0.1, 0.15) is 52.5 Å². The molecule has 2 aromatic rings. The molecule has 0 unspecified atom stereocenters. The van der Waals surface area contributed by atoms with Gasteiger partial charge in [-0.3, -0.25) is 14.4 Å². The third-order valence-corrected chi connectivity index (χ3v) is 6.82. The zero-order valence-electron chi connectivity index (χ0n) is 17.1. The molecular formula is C23H27N3O3. The van der Waals surface area contributed by atoms with Crippen molar-refractivity contribution in [2.24, 2.45) is 11.8 Å². The largest absolute Gasteiger partial charge is 0.337 e. The second-order valence-electron chi connectivity index (χ2n) is 9.11. The van der Waals surface area contributed by atoms with E-state index in [4.69, 9.17) is 0 Å². The Bertz CT molecular complexity index is 1110. The van der Waals surface area contributed by atoms with Crippen molar-refractivity contribution in [3.8, 4) is 0 Å². The average molecular weight is 393 g/mol. The SMILES string of the molecule is Cc1cc(C)n(CC2CC2)c(=O)c1C(=O)N1C[C@H]2C[C@@H](C1)c1cccc(=O)n1C2. The van der Waals surface area contributed by atoms with E-state index in [1.54, 1.807) is 16.7 Å². The normalized spacial score (nSPS) is 23.0. The lowest BCUT2D eigenvalue weighted by atomic mass is 9.83. The van der Waals surface area contributed by atoms with Gasteiger partial charge in [0, 0.05) is 49.6 Å². The highest BCUT2D eigenvalue weighted by molar-refractivity contribution is 5.95. The number of aryl methyl sites for hydroxylation is 2. The van der Waals surface area contributed by atoms with E-state index in [0.717, 1.165) is 36.2 Å². The van der Waals surface area contributed by atoms with Crippen LogP contribution in [-0.4, -0.2) is 33.0 Å². The quantitative estimate of drug-likeness (QED) is 0.804. The number of rotatable bonds is 3. The summed E-state index contributed by atoms with van der Waals surface area (Å²) in [6.07, 6.45) is 3.32. The van der Waals surface area contributed by atoms with E-state index in [0.29, 0.717) is 37.7 Å². The molecule has 0 N–H and O–H groups in total. The fourth-order valence-corrected chi connectivity index (χ4v) is 5.19. The van der Waals surface area contributed by atoms with E-state index in [1.807, 2.05) is 35.4 Å². The van der Waals surface area contributed by atoms with Gasteiger partial charge in [0.25, 0.3) is 17.0 Å². The molecule has 0 aromatic carbocycles. The first kappa shape index (κ1) is 18.4.